The van der Waals surface area contributed by atoms with Gasteiger partial charge in [-0.05, 0) is 19.9 Å². The quantitative estimate of drug-likeness (QED) is 0.204. The summed E-state index contributed by atoms with van der Waals surface area (Å²) in [4.78, 5) is 29.7. The number of aliphatic hydroxyl groups excluding tert-OH is 1. The first-order valence-corrected chi connectivity index (χ1v) is 7.60. The fourth-order valence-corrected chi connectivity index (χ4v) is 2.46. The summed E-state index contributed by atoms with van der Waals surface area (Å²) in [5.41, 5.74) is 10.8. The molecule has 0 radical (unpaired) electrons. The lowest BCUT2D eigenvalue weighted by atomic mass is 9.97. The zero-order chi connectivity index (χ0) is 18.4. The van der Waals surface area contributed by atoms with Gasteiger partial charge in [0.25, 0.3) is 5.91 Å². The monoisotopic (exact) mass is 343 g/mol. The second-order valence-corrected chi connectivity index (χ2v) is 5.26. The average molecular weight is 343 g/mol. The maximum atomic E-state index is 12.7. The van der Waals surface area contributed by atoms with E-state index in [0.717, 1.165) is 0 Å². The molecule has 0 saturated carbocycles. The smallest absolute Gasteiger partial charge is 0.265 e. The van der Waals surface area contributed by atoms with Crippen LogP contribution in [0.3, 0.4) is 0 Å². The molecule has 1 aliphatic rings. The summed E-state index contributed by atoms with van der Waals surface area (Å²) < 4.78 is 5.42. The molecule has 24 heavy (non-hydrogen) atoms. The molecule has 136 valence electrons. The van der Waals surface area contributed by atoms with Gasteiger partial charge in [-0.3, -0.25) is 9.59 Å². The zero-order valence-electron chi connectivity index (χ0n) is 14.0. The largest absolute Gasteiger partial charge is 0.478 e. The molecule has 0 saturated heterocycles. The summed E-state index contributed by atoms with van der Waals surface area (Å²) in [5.74, 6) is -1.34. The van der Waals surface area contributed by atoms with Gasteiger partial charge in [-0.1, -0.05) is 0 Å². The Balaban J connectivity index is 3.30. The van der Waals surface area contributed by atoms with Crippen molar-refractivity contribution >= 4 is 17.8 Å². The molecule has 10 nitrogen and oxygen atoms in total. The van der Waals surface area contributed by atoms with Gasteiger partial charge in [0.05, 0.1) is 6.04 Å². The number of aliphatic imine (C=N–C) groups is 1. The van der Waals surface area contributed by atoms with E-state index in [4.69, 9.17) is 16.2 Å². The zero-order valence-corrected chi connectivity index (χ0v) is 14.0. The van der Waals surface area contributed by atoms with Crippen LogP contribution < -0.4 is 16.8 Å². The van der Waals surface area contributed by atoms with Crippen LogP contribution in [0, 0.1) is 0 Å². The number of amides is 2. The molecule has 0 fully saturated rings. The number of nitrogens with two attached hydrogens (primary N) is 2. The number of carbonyl (C=O) groups excluding carboxylic acids is 2. The lowest BCUT2D eigenvalue weighted by Gasteiger charge is -2.37. The van der Waals surface area contributed by atoms with Crippen LogP contribution in [0.4, 0.5) is 0 Å². The third kappa shape index (κ3) is 4.83. The molecule has 0 unspecified atom stereocenters. The van der Waals surface area contributed by atoms with Crippen LogP contribution in [0.2, 0.25) is 0 Å². The van der Waals surface area contributed by atoms with E-state index in [2.05, 4.69) is 10.3 Å². The number of ether oxygens (including phenoxy) is 1. The van der Waals surface area contributed by atoms with Gasteiger partial charge in [-0.25, -0.2) is 4.99 Å². The van der Waals surface area contributed by atoms with Crippen molar-refractivity contribution in [2.45, 2.75) is 45.2 Å². The Kier molecular flexibility index (Phi) is 6.98. The van der Waals surface area contributed by atoms with Crippen molar-refractivity contribution < 1.29 is 24.5 Å². The first-order valence-electron chi connectivity index (χ1n) is 7.60. The molecule has 0 bridgehead atoms. The Morgan fingerprint density at radius 1 is 1.38 bits per heavy atom. The molecule has 0 spiro atoms. The number of nitrogens with one attached hydrogen (secondary N) is 1. The Morgan fingerprint density at radius 3 is 2.38 bits per heavy atom. The summed E-state index contributed by atoms with van der Waals surface area (Å²) in [6.07, 6.45) is -1.87. The lowest BCUT2D eigenvalue weighted by Crippen LogP contribution is -2.59. The highest BCUT2D eigenvalue weighted by Gasteiger charge is 2.42. The lowest BCUT2D eigenvalue weighted by molar-refractivity contribution is -0.149. The SMILES string of the molecule is CCN(CC)C(=O)[C@@H]1OC(C(O)O)=C[C@H](N=C(N)N)[C@H]1NC(C)=O. The van der Waals surface area contributed by atoms with Crippen LogP contribution in [0.25, 0.3) is 0 Å². The van der Waals surface area contributed by atoms with Gasteiger partial charge in [0.2, 0.25) is 12.2 Å². The molecule has 10 heteroatoms. The van der Waals surface area contributed by atoms with Gasteiger partial charge >= 0.3 is 0 Å². The second kappa shape index (κ2) is 8.50. The van der Waals surface area contributed by atoms with Crippen LogP contribution in [-0.2, 0) is 14.3 Å². The first kappa shape index (κ1) is 19.7. The van der Waals surface area contributed by atoms with E-state index in [0.29, 0.717) is 13.1 Å². The fraction of sp³-hybridized carbons (Fsp3) is 0.643. The van der Waals surface area contributed by atoms with Crippen LogP contribution in [0.15, 0.2) is 16.8 Å². The van der Waals surface area contributed by atoms with Gasteiger partial charge in [-0.2, -0.15) is 0 Å². The molecule has 0 aliphatic carbocycles. The molecule has 7 N–H and O–H groups in total. The van der Waals surface area contributed by atoms with E-state index in [1.807, 2.05) is 0 Å². The number of likely N-dealkylation sites (N-methyl/N-ethyl adjacent to an activating group) is 1. The van der Waals surface area contributed by atoms with Gasteiger partial charge in [0.15, 0.2) is 17.8 Å². The minimum atomic E-state index is -1.94. The third-order valence-corrected chi connectivity index (χ3v) is 3.53. The first-order chi connectivity index (χ1) is 11.2. The van der Waals surface area contributed by atoms with Gasteiger partial charge < -0.3 is 36.6 Å². The molecule has 1 aliphatic heterocycles. The Bertz CT molecular complexity index is 526. The van der Waals surface area contributed by atoms with Crippen molar-refractivity contribution in [2.24, 2.45) is 16.5 Å². The summed E-state index contributed by atoms with van der Waals surface area (Å²) in [6, 6.07) is -1.77. The standard InChI is InChI=1S/C14H25N5O5/c1-4-19(5-2)12(21)11-10(17-7(3)20)8(18-14(15)16)6-9(24-11)13(22)23/h6,8,10-11,13,22-23H,4-5H2,1-3H3,(H,17,20)(H4,15,16,18)/t8-,10+,11+/m0/s1. The van der Waals surface area contributed by atoms with Gasteiger partial charge in [-0.15, -0.1) is 0 Å². The number of hydrogen-bond donors (Lipinski definition) is 5. The number of guanidine groups is 1. The molecular formula is C14H25N5O5. The molecule has 0 aromatic heterocycles. The molecule has 0 aromatic carbocycles. The van der Waals surface area contributed by atoms with E-state index >= 15 is 0 Å². The highest BCUT2D eigenvalue weighted by atomic mass is 16.6. The Hall–Kier alpha value is -2.33. The maximum absolute atomic E-state index is 12.7. The topological polar surface area (TPSA) is 164 Å². The number of aliphatic hydroxyl groups is 2. The van der Waals surface area contributed by atoms with E-state index in [1.54, 1.807) is 13.8 Å². The number of carbonyl (C=O) groups is 2. The van der Waals surface area contributed by atoms with Crippen molar-refractivity contribution in [3.05, 3.63) is 11.8 Å². The predicted octanol–water partition coefficient (Wildman–Crippen LogP) is -2.41. The number of nitrogens with zero attached hydrogens (tertiary/aromatic N) is 2. The van der Waals surface area contributed by atoms with E-state index in [1.165, 1.54) is 17.9 Å². The van der Waals surface area contributed by atoms with E-state index in [9.17, 15) is 19.8 Å². The minimum Gasteiger partial charge on any atom is -0.478 e. The predicted molar refractivity (Wildman–Crippen MR) is 86.3 cm³/mol. The maximum Gasteiger partial charge on any atom is 0.265 e. The van der Waals surface area contributed by atoms with Gasteiger partial charge in [0, 0.05) is 20.0 Å². The van der Waals surface area contributed by atoms with E-state index < -0.39 is 36.3 Å². The molecule has 0 aromatic rings. The van der Waals surface area contributed by atoms with Crippen LogP contribution in [-0.4, -0.2) is 70.5 Å². The number of rotatable bonds is 6. The van der Waals surface area contributed by atoms with Crippen molar-refractivity contribution in [3.63, 3.8) is 0 Å². The summed E-state index contributed by atoms with van der Waals surface area (Å²) in [7, 11) is 0. The highest BCUT2D eigenvalue weighted by molar-refractivity contribution is 5.84. The normalized spacial score (nSPS) is 23.1. The van der Waals surface area contributed by atoms with Crippen molar-refractivity contribution in [3.8, 4) is 0 Å². The van der Waals surface area contributed by atoms with Crippen LogP contribution >= 0.6 is 0 Å². The minimum absolute atomic E-state index is 0.253. The van der Waals surface area contributed by atoms with Crippen molar-refractivity contribution in [1.29, 1.82) is 0 Å². The van der Waals surface area contributed by atoms with Crippen LogP contribution in [0.1, 0.15) is 20.8 Å². The molecule has 2 amide bonds. The molecule has 1 heterocycles. The van der Waals surface area contributed by atoms with E-state index in [-0.39, 0.29) is 11.7 Å². The second-order valence-electron chi connectivity index (χ2n) is 5.26. The summed E-state index contributed by atoms with van der Waals surface area (Å²) in [5, 5.41) is 21.4. The third-order valence-electron chi connectivity index (χ3n) is 3.53. The van der Waals surface area contributed by atoms with Gasteiger partial charge in [0.1, 0.15) is 6.04 Å². The summed E-state index contributed by atoms with van der Waals surface area (Å²) in [6.45, 7) is 5.72. The Labute approximate surface area is 140 Å². The highest BCUT2D eigenvalue weighted by Crippen LogP contribution is 2.24. The molecular weight excluding hydrogens is 318 g/mol. The number of hydrogen-bond acceptors (Lipinski definition) is 6. The van der Waals surface area contributed by atoms with Crippen molar-refractivity contribution in [2.75, 3.05) is 13.1 Å². The van der Waals surface area contributed by atoms with Crippen LogP contribution in [0.5, 0.6) is 0 Å². The van der Waals surface area contributed by atoms with Crippen molar-refractivity contribution in [1.82, 2.24) is 10.2 Å². The summed E-state index contributed by atoms with van der Waals surface area (Å²) >= 11 is 0. The molecule has 3 atom stereocenters. The average Bonchev–Trinajstić information content (AvgIpc) is 2.48. The Morgan fingerprint density at radius 2 is 1.96 bits per heavy atom. The molecule has 1 rings (SSSR count). The fourth-order valence-electron chi connectivity index (χ4n) is 2.46.